The van der Waals surface area contributed by atoms with Crippen LogP contribution in [0.1, 0.15) is 13.8 Å². The molecule has 0 unspecified atom stereocenters. The number of hydrogen-bond donors (Lipinski definition) is 0. The van der Waals surface area contributed by atoms with E-state index < -0.39 is 30.2 Å². The zero-order chi connectivity index (χ0) is 17.4. The van der Waals surface area contributed by atoms with Gasteiger partial charge in [0.2, 0.25) is 5.92 Å². The van der Waals surface area contributed by atoms with Gasteiger partial charge in [-0.05, 0) is 32.0 Å². The first kappa shape index (κ1) is 19.3. The Bertz CT molecular complexity index is 569. The molecule has 0 saturated carbocycles. The van der Waals surface area contributed by atoms with Crippen LogP contribution in [0.5, 0.6) is 5.75 Å². The third kappa shape index (κ3) is 5.73. The fraction of sp³-hybridized carbons (Fsp3) is 0.400. The number of rotatable bonds is 8. The summed E-state index contributed by atoms with van der Waals surface area (Å²) in [5.41, 5.74) is 0. The maximum atomic E-state index is 12.1. The molecule has 0 aliphatic carbocycles. The Labute approximate surface area is 143 Å². The Balaban J connectivity index is 2.80. The van der Waals surface area contributed by atoms with Crippen LogP contribution < -0.4 is 4.74 Å². The van der Waals surface area contributed by atoms with Crippen LogP contribution in [0, 0.1) is 5.92 Å². The summed E-state index contributed by atoms with van der Waals surface area (Å²) < 4.78 is 14.7. The van der Waals surface area contributed by atoms with Crippen molar-refractivity contribution in [2.45, 2.75) is 13.8 Å². The second-order valence-corrected chi connectivity index (χ2v) is 5.11. The molecule has 0 heterocycles. The Hall–Kier alpha value is -1.79. The molecule has 23 heavy (non-hydrogen) atoms. The number of ketones is 1. The topological polar surface area (TPSA) is 78.9 Å². The Morgan fingerprint density at radius 1 is 1.04 bits per heavy atom. The zero-order valence-corrected chi connectivity index (χ0v) is 14.1. The summed E-state index contributed by atoms with van der Waals surface area (Å²) in [6.45, 7) is 2.66. The van der Waals surface area contributed by atoms with Crippen molar-refractivity contribution >= 4 is 40.9 Å². The Kier molecular flexibility index (Phi) is 7.85. The van der Waals surface area contributed by atoms with E-state index in [2.05, 4.69) is 0 Å². The third-order valence-corrected chi connectivity index (χ3v) is 3.16. The number of carbonyl (C=O) groups excluding carboxylic acids is 3. The first-order chi connectivity index (χ1) is 10.9. The van der Waals surface area contributed by atoms with Gasteiger partial charge < -0.3 is 14.2 Å². The maximum absolute atomic E-state index is 12.1. The highest BCUT2D eigenvalue weighted by Crippen LogP contribution is 2.27. The third-order valence-electron chi connectivity index (χ3n) is 2.63. The van der Waals surface area contributed by atoms with E-state index in [0.29, 0.717) is 5.02 Å². The molecular weight excluding hydrogens is 347 g/mol. The number of hydrogen-bond acceptors (Lipinski definition) is 6. The fourth-order valence-corrected chi connectivity index (χ4v) is 2.10. The molecule has 0 aliphatic heterocycles. The minimum absolute atomic E-state index is 0.0336. The minimum atomic E-state index is -1.68. The van der Waals surface area contributed by atoms with Gasteiger partial charge in [-0.25, -0.2) is 0 Å². The van der Waals surface area contributed by atoms with Gasteiger partial charge in [-0.15, -0.1) is 0 Å². The molecule has 8 heteroatoms. The average Bonchev–Trinajstić information content (AvgIpc) is 2.47. The van der Waals surface area contributed by atoms with Crippen LogP contribution in [-0.4, -0.2) is 37.5 Å². The van der Waals surface area contributed by atoms with Crippen molar-refractivity contribution in [3.8, 4) is 5.75 Å². The van der Waals surface area contributed by atoms with E-state index in [4.69, 9.17) is 37.4 Å². The summed E-state index contributed by atoms with van der Waals surface area (Å²) in [7, 11) is 0. The van der Waals surface area contributed by atoms with Gasteiger partial charge in [-0.3, -0.25) is 14.4 Å². The van der Waals surface area contributed by atoms with Crippen molar-refractivity contribution in [2.24, 2.45) is 5.92 Å². The Morgan fingerprint density at radius 3 is 2.09 bits per heavy atom. The second kappa shape index (κ2) is 9.37. The van der Waals surface area contributed by atoms with Crippen molar-refractivity contribution in [1.82, 2.24) is 0 Å². The lowest BCUT2D eigenvalue weighted by Crippen LogP contribution is -2.37. The van der Waals surface area contributed by atoms with Crippen LogP contribution in [0.2, 0.25) is 10.0 Å². The largest absolute Gasteiger partial charge is 0.484 e. The first-order valence-corrected chi connectivity index (χ1v) is 7.60. The highest BCUT2D eigenvalue weighted by molar-refractivity contribution is 6.35. The molecule has 0 aromatic heterocycles. The highest BCUT2D eigenvalue weighted by Gasteiger charge is 2.37. The second-order valence-electron chi connectivity index (χ2n) is 4.27. The van der Waals surface area contributed by atoms with Gasteiger partial charge in [0.15, 0.2) is 5.78 Å². The number of carbonyl (C=O) groups is 3. The fourth-order valence-electron chi connectivity index (χ4n) is 1.63. The predicted molar refractivity (Wildman–Crippen MR) is 83.7 cm³/mol. The number of ether oxygens (including phenoxy) is 3. The summed E-state index contributed by atoms with van der Waals surface area (Å²) in [6.07, 6.45) is 0. The van der Waals surface area contributed by atoms with Crippen molar-refractivity contribution in [3.05, 3.63) is 28.2 Å². The molecule has 0 aliphatic rings. The molecule has 1 rings (SSSR count). The molecule has 0 spiro atoms. The SMILES string of the molecule is CCOC(=O)C(C(=O)COc1ccc(Cl)cc1Cl)C(=O)OCC. The smallest absolute Gasteiger partial charge is 0.328 e. The van der Waals surface area contributed by atoms with E-state index >= 15 is 0 Å². The lowest BCUT2D eigenvalue weighted by Gasteiger charge is -2.14. The number of benzene rings is 1. The van der Waals surface area contributed by atoms with Crippen molar-refractivity contribution in [1.29, 1.82) is 0 Å². The van der Waals surface area contributed by atoms with Gasteiger partial charge in [0.05, 0.1) is 18.2 Å². The summed E-state index contributed by atoms with van der Waals surface area (Å²) in [6, 6.07) is 4.44. The molecular formula is C15H16Cl2O6. The molecule has 0 saturated heterocycles. The van der Waals surface area contributed by atoms with E-state index in [1.54, 1.807) is 13.8 Å². The van der Waals surface area contributed by atoms with E-state index in [1.165, 1.54) is 18.2 Å². The van der Waals surface area contributed by atoms with Crippen molar-refractivity contribution in [3.63, 3.8) is 0 Å². The molecule has 0 amide bonds. The summed E-state index contributed by atoms with van der Waals surface area (Å²) in [4.78, 5) is 35.7. The molecule has 1 aromatic carbocycles. The van der Waals surface area contributed by atoms with Gasteiger partial charge in [-0.1, -0.05) is 23.2 Å². The highest BCUT2D eigenvalue weighted by atomic mass is 35.5. The van der Waals surface area contributed by atoms with E-state index in [1.807, 2.05) is 0 Å². The molecule has 0 radical (unpaired) electrons. The normalized spacial score (nSPS) is 10.3. The molecule has 0 fully saturated rings. The van der Waals surface area contributed by atoms with Crippen LogP contribution in [0.25, 0.3) is 0 Å². The molecule has 0 bridgehead atoms. The van der Waals surface area contributed by atoms with Gasteiger partial charge in [0.1, 0.15) is 12.4 Å². The predicted octanol–water partition coefficient (Wildman–Crippen LogP) is 2.68. The zero-order valence-electron chi connectivity index (χ0n) is 12.6. The lowest BCUT2D eigenvalue weighted by molar-refractivity contribution is -0.164. The van der Waals surface area contributed by atoms with Gasteiger partial charge >= 0.3 is 11.9 Å². The number of halogens is 2. The number of Topliss-reactive ketones (excluding diaryl/α,β-unsaturated/α-hetero) is 1. The first-order valence-electron chi connectivity index (χ1n) is 6.84. The van der Waals surface area contributed by atoms with Gasteiger partial charge in [0.25, 0.3) is 0 Å². The quantitative estimate of drug-likeness (QED) is 0.522. The van der Waals surface area contributed by atoms with Gasteiger partial charge in [0, 0.05) is 5.02 Å². The van der Waals surface area contributed by atoms with Crippen LogP contribution in [0.3, 0.4) is 0 Å². The van der Waals surface area contributed by atoms with Crippen LogP contribution in [0.4, 0.5) is 0 Å². The summed E-state index contributed by atoms with van der Waals surface area (Å²) in [5.74, 6) is -4.20. The minimum Gasteiger partial charge on any atom is -0.484 e. The maximum Gasteiger partial charge on any atom is 0.328 e. The summed E-state index contributed by atoms with van der Waals surface area (Å²) in [5, 5.41) is 0.610. The monoisotopic (exact) mass is 362 g/mol. The van der Waals surface area contributed by atoms with Crippen LogP contribution >= 0.6 is 23.2 Å². The van der Waals surface area contributed by atoms with Crippen molar-refractivity contribution < 1.29 is 28.6 Å². The van der Waals surface area contributed by atoms with E-state index in [-0.39, 0.29) is 24.0 Å². The molecule has 1 aromatic rings. The Morgan fingerprint density at radius 2 is 1.61 bits per heavy atom. The lowest BCUT2D eigenvalue weighted by atomic mass is 10.1. The van der Waals surface area contributed by atoms with Crippen LogP contribution in [-0.2, 0) is 23.9 Å². The van der Waals surface area contributed by atoms with E-state index in [9.17, 15) is 14.4 Å². The number of esters is 2. The molecule has 126 valence electrons. The van der Waals surface area contributed by atoms with Gasteiger partial charge in [-0.2, -0.15) is 0 Å². The summed E-state index contributed by atoms with van der Waals surface area (Å²) >= 11 is 11.7. The molecule has 0 atom stereocenters. The molecule has 0 N–H and O–H groups in total. The van der Waals surface area contributed by atoms with E-state index in [0.717, 1.165) is 0 Å². The van der Waals surface area contributed by atoms with Crippen molar-refractivity contribution in [2.75, 3.05) is 19.8 Å². The van der Waals surface area contributed by atoms with Crippen LogP contribution in [0.15, 0.2) is 18.2 Å². The molecule has 6 nitrogen and oxygen atoms in total. The standard InChI is InChI=1S/C15H16Cl2O6/c1-3-21-14(19)13(15(20)22-4-2)11(18)8-23-12-6-5-9(16)7-10(12)17/h5-7,13H,3-4,8H2,1-2H3. The average molecular weight is 363 g/mol.